The van der Waals surface area contributed by atoms with E-state index in [1.54, 1.807) is 0 Å². The van der Waals surface area contributed by atoms with E-state index in [0.29, 0.717) is 0 Å². The van der Waals surface area contributed by atoms with Crippen LogP contribution in [-0.2, 0) is 9.47 Å². The van der Waals surface area contributed by atoms with Crippen molar-refractivity contribution in [3.63, 3.8) is 0 Å². The van der Waals surface area contributed by atoms with Gasteiger partial charge in [-0.15, -0.1) is 5.10 Å². The molecule has 100 valence electrons. The van der Waals surface area contributed by atoms with E-state index in [-0.39, 0.29) is 5.82 Å². The fourth-order valence-electron chi connectivity index (χ4n) is 1.68. The van der Waals surface area contributed by atoms with Crippen LogP contribution in [0.4, 0.5) is 0 Å². The summed E-state index contributed by atoms with van der Waals surface area (Å²) in [6.07, 6.45) is -3.24. The van der Waals surface area contributed by atoms with Gasteiger partial charge in [-0.1, -0.05) is 0 Å². The molecule has 3 N–H and O–H groups in total. The Kier molecular flexibility index (Phi) is 3.57. The number of aliphatic hydroxyl groups is 3. The summed E-state index contributed by atoms with van der Waals surface area (Å²) in [5, 5.41) is 32.0. The lowest BCUT2D eigenvalue weighted by Crippen LogP contribution is -2.33. The minimum Gasteiger partial charge on any atom is -0.463 e. The van der Waals surface area contributed by atoms with Crippen molar-refractivity contribution in [3.8, 4) is 0 Å². The first-order valence-electron chi connectivity index (χ1n) is 5.20. The predicted octanol–water partition coefficient (Wildman–Crippen LogP) is -2.32. The van der Waals surface area contributed by atoms with Gasteiger partial charge in [0, 0.05) is 0 Å². The van der Waals surface area contributed by atoms with Gasteiger partial charge < -0.3 is 24.8 Å². The third-order valence-electron chi connectivity index (χ3n) is 2.65. The lowest BCUT2D eigenvalue weighted by Gasteiger charge is -2.13. The topological polar surface area (TPSA) is 127 Å². The quantitative estimate of drug-likeness (QED) is 0.516. The number of carbonyl (C=O) groups is 1. The predicted molar refractivity (Wildman–Crippen MR) is 54.4 cm³/mol. The van der Waals surface area contributed by atoms with Crippen molar-refractivity contribution in [2.75, 3.05) is 13.7 Å². The van der Waals surface area contributed by atoms with Gasteiger partial charge in [-0.05, 0) is 0 Å². The summed E-state index contributed by atoms with van der Waals surface area (Å²) in [7, 11) is 1.19. The summed E-state index contributed by atoms with van der Waals surface area (Å²) < 4.78 is 10.7. The summed E-state index contributed by atoms with van der Waals surface area (Å²) in [4.78, 5) is 14.8. The van der Waals surface area contributed by atoms with Gasteiger partial charge in [0.2, 0.25) is 0 Å². The molecule has 0 radical (unpaired) electrons. The lowest BCUT2D eigenvalue weighted by atomic mass is 10.1. The Morgan fingerprint density at radius 3 is 2.83 bits per heavy atom. The zero-order chi connectivity index (χ0) is 13.3. The molecular weight excluding hydrogens is 246 g/mol. The molecule has 0 aromatic carbocycles. The summed E-state index contributed by atoms with van der Waals surface area (Å²) in [5.74, 6) is -0.907. The second-order valence-electron chi connectivity index (χ2n) is 3.77. The maximum Gasteiger partial charge on any atom is 0.377 e. The first-order valence-corrected chi connectivity index (χ1v) is 5.20. The van der Waals surface area contributed by atoms with Crippen molar-refractivity contribution in [2.24, 2.45) is 0 Å². The van der Waals surface area contributed by atoms with Crippen molar-refractivity contribution in [1.29, 1.82) is 0 Å². The van der Waals surface area contributed by atoms with Gasteiger partial charge in [0.1, 0.15) is 24.6 Å². The van der Waals surface area contributed by atoms with Crippen molar-refractivity contribution in [2.45, 2.75) is 24.5 Å². The average molecular weight is 259 g/mol. The van der Waals surface area contributed by atoms with Crippen molar-refractivity contribution in [1.82, 2.24) is 14.8 Å². The molecule has 1 saturated heterocycles. The Morgan fingerprint density at radius 2 is 2.28 bits per heavy atom. The molecule has 2 heterocycles. The van der Waals surface area contributed by atoms with E-state index in [1.807, 2.05) is 0 Å². The second-order valence-corrected chi connectivity index (χ2v) is 3.77. The maximum absolute atomic E-state index is 11.2. The van der Waals surface area contributed by atoms with Crippen LogP contribution < -0.4 is 0 Å². The van der Waals surface area contributed by atoms with E-state index in [0.717, 1.165) is 4.68 Å². The number of hydrogen-bond acceptors (Lipinski definition) is 8. The van der Waals surface area contributed by atoms with E-state index in [1.165, 1.54) is 13.4 Å². The molecular formula is C9H13N3O6. The smallest absolute Gasteiger partial charge is 0.377 e. The third kappa shape index (κ3) is 2.08. The van der Waals surface area contributed by atoms with Gasteiger partial charge in [-0.2, -0.15) is 0 Å². The van der Waals surface area contributed by atoms with Crippen molar-refractivity contribution < 1.29 is 29.6 Å². The maximum atomic E-state index is 11.2. The summed E-state index contributed by atoms with van der Waals surface area (Å²) in [6.45, 7) is -0.437. The van der Waals surface area contributed by atoms with Crippen LogP contribution in [0.25, 0.3) is 0 Å². The van der Waals surface area contributed by atoms with E-state index in [2.05, 4.69) is 14.8 Å². The lowest BCUT2D eigenvalue weighted by molar-refractivity contribution is -0.0589. The zero-order valence-corrected chi connectivity index (χ0v) is 9.50. The normalized spacial score (nSPS) is 31.6. The van der Waals surface area contributed by atoms with Gasteiger partial charge in [0.05, 0.1) is 13.7 Å². The van der Waals surface area contributed by atoms with Crippen LogP contribution in [-0.4, -0.2) is 68.1 Å². The molecule has 1 aliphatic rings. The largest absolute Gasteiger partial charge is 0.463 e. The Balaban J connectivity index is 2.17. The fourth-order valence-corrected chi connectivity index (χ4v) is 1.68. The Bertz CT molecular complexity index is 436. The zero-order valence-electron chi connectivity index (χ0n) is 9.50. The number of aromatic nitrogens is 3. The molecule has 4 atom stereocenters. The minimum absolute atomic E-state index is 0.185. The number of nitrogens with zero attached hydrogens (tertiary/aromatic N) is 3. The van der Waals surface area contributed by atoms with Crippen molar-refractivity contribution >= 4 is 5.97 Å². The molecule has 1 aromatic rings. The van der Waals surface area contributed by atoms with Crippen LogP contribution in [0.1, 0.15) is 16.8 Å². The molecule has 9 nitrogen and oxygen atoms in total. The highest BCUT2D eigenvalue weighted by molar-refractivity contribution is 5.84. The highest BCUT2D eigenvalue weighted by Gasteiger charge is 2.44. The number of methoxy groups -OCH3 is 1. The number of esters is 1. The molecule has 0 saturated carbocycles. The second kappa shape index (κ2) is 4.98. The van der Waals surface area contributed by atoms with Gasteiger partial charge >= 0.3 is 5.97 Å². The molecule has 0 aliphatic carbocycles. The van der Waals surface area contributed by atoms with Crippen molar-refractivity contribution in [3.05, 3.63) is 12.2 Å². The molecule has 0 amide bonds. The first kappa shape index (κ1) is 12.9. The average Bonchev–Trinajstić information content (AvgIpc) is 2.96. The molecule has 9 heteroatoms. The Morgan fingerprint density at radius 1 is 1.56 bits per heavy atom. The molecule has 0 unspecified atom stereocenters. The van der Waals surface area contributed by atoms with Crippen LogP contribution in [0.15, 0.2) is 6.33 Å². The Hall–Kier alpha value is -1.55. The number of carbonyl (C=O) groups excluding carboxylic acids is 1. The molecule has 0 bridgehead atoms. The van der Waals surface area contributed by atoms with Crippen LogP contribution in [0, 0.1) is 0 Å². The van der Waals surface area contributed by atoms with Gasteiger partial charge in [-0.3, -0.25) is 0 Å². The van der Waals surface area contributed by atoms with Crippen LogP contribution in [0.3, 0.4) is 0 Å². The van der Waals surface area contributed by atoms with Gasteiger partial charge in [0.15, 0.2) is 6.23 Å². The summed E-state index contributed by atoms with van der Waals surface area (Å²) in [6, 6.07) is 0. The van der Waals surface area contributed by atoms with Gasteiger partial charge in [0.25, 0.3) is 5.82 Å². The van der Waals surface area contributed by atoms with E-state index in [4.69, 9.17) is 9.84 Å². The molecule has 1 aliphatic heterocycles. The minimum atomic E-state index is -1.27. The fraction of sp³-hybridized carbons (Fsp3) is 0.667. The first-order chi connectivity index (χ1) is 8.58. The molecule has 2 rings (SSSR count). The third-order valence-corrected chi connectivity index (χ3v) is 2.65. The number of rotatable bonds is 3. The summed E-state index contributed by atoms with van der Waals surface area (Å²) in [5.41, 5.74) is 0. The molecule has 0 spiro atoms. The SMILES string of the molecule is COC(=O)c1ncn([C@@H]2O[C@H](CO)[C@@H](O)[C@H]2O)n1. The highest BCUT2D eigenvalue weighted by atomic mass is 16.6. The Labute approximate surface area is 102 Å². The standard InChI is InChI=1S/C9H13N3O6/c1-17-9(16)7-10-3-12(11-7)8-6(15)5(14)4(2-13)18-8/h3-6,8,13-15H,2H2,1H3/t4-,5-,6-,8-/m1/s1. The molecule has 1 fully saturated rings. The van der Waals surface area contributed by atoms with Gasteiger partial charge in [-0.25, -0.2) is 14.5 Å². The van der Waals surface area contributed by atoms with Crippen LogP contribution in [0.5, 0.6) is 0 Å². The van der Waals surface area contributed by atoms with Crippen LogP contribution >= 0.6 is 0 Å². The monoisotopic (exact) mass is 259 g/mol. The van der Waals surface area contributed by atoms with E-state index >= 15 is 0 Å². The highest BCUT2D eigenvalue weighted by Crippen LogP contribution is 2.28. The van der Waals surface area contributed by atoms with E-state index < -0.39 is 37.1 Å². The van der Waals surface area contributed by atoms with Crippen LogP contribution in [0.2, 0.25) is 0 Å². The number of hydrogen-bond donors (Lipinski definition) is 3. The van der Waals surface area contributed by atoms with E-state index in [9.17, 15) is 15.0 Å². The summed E-state index contributed by atoms with van der Waals surface area (Å²) >= 11 is 0. The molecule has 1 aromatic heterocycles. The molecule has 18 heavy (non-hydrogen) atoms. The number of aliphatic hydroxyl groups excluding tert-OH is 3. The number of ether oxygens (including phenoxy) is 2.